The number of carbonyl (C=O) groups excluding carboxylic acids is 4. The van der Waals surface area contributed by atoms with Crippen LogP contribution in [0.25, 0.3) is 0 Å². The summed E-state index contributed by atoms with van der Waals surface area (Å²) in [6.07, 6.45) is 27.6. The van der Waals surface area contributed by atoms with E-state index in [9.17, 15) is 19.2 Å². The second kappa shape index (κ2) is 19.9. The smallest absolute Gasteiger partial charge is 0.312 e. The van der Waals surface area contributed by atoms with Crippen molar-refractivity contribution in [2.24, 2.45) is 67.0 Å². The number of esters is 2. The summed E-state index contributed by atoms with van der Waals surface area (Å²) < 4.78 is 14.2. The zero-order valence-corrected chi connectivity index (χ0v) is 47.5. The summed E-state index contributed by atoms with van der Waals surface area (Å²) in [5.41, 5.74) is -0.455. The third-order valence-corrected chi connectivity index (χ3v) is 22.5. The number of carbonyl (C=O) groups is 4. The van der Waals surface area contributed by atoms with Crippen molar-refractivity contribution in [1.29, 1.82) is 0 Å². The van der Waals surface area contributed by atoms with Crippen LogP contribution < -0.4 is 34.0 Å². The van der Waals surface area contributed by atoms with E-state index in [0.717, 1.165) is 138 Å². The molecule has 0 radical (unpaired) electrons. The molecule has 4 bridgehead atoms. The number of rotatable bonds is 18. The van der Waals surface area contributed by atoms with Gasteiger partial charge in [-0.1, -0.05) is 59.8 Å². The van der Waals surface area contributed by atoms with Crippen LogP contribution in [0.1, 0.15) is 202 Å². The molecule has 67 heavy (non-hydrogen) atoms. The highest BCUT2D eigenvalue weighted by Gasteiger charge is 2.70. The highest BCUT2D eigenvalue weighted by Crippen LogP contribution is 2.74. The average Bonchev–Trinajstić information content (AvgIpc) is 3.52. The Kier molecular flexibility index (Phi) is 16.5. The Morgan fingerprint density at radius 2 is 0.821 bits per heavy atom. The summed E-state index contributed by atoms with van der Waals surface area (Å²) >= 11 is 0. The van der Waals surface area contributed by atoms with E-state index in [1.807, 2.05) is 0 Å². The van der Waals surface area contributed by atoms with E-state index in [1.54, 1.807) is 0 Å². The van der Waals surface area contributed by atoms with Gasteiger partial charge in [0.1, 0.15) is 37.9 Å². The van der Waals surface area contributed by atoms with Gasteiger partial charge in [-0.25, -0.2) is 0 Å². The van der Waals surface area contributed by atoms with Crippen LogP contribution in [-0.2, 0) is 28.7 Å². The number of ketones is 2. The average molecular weight is 1070 g/mol. The van der Waals surface area contributed by atoms with Gasteiger partial charge in [-0.3, -0.25) is 19.2 Å². The highest BCUT2D eigenvalue weighted by molar-refractivity contribution is 5.89. The minimum absolute atomic E-state index is 0. The molecular formula is C57H96Br2N2O6. The first-order valence-corrected chi connectivity index (χ1v) is 27.5. The molecule has 8 fully saturated rings. The van der Waals surface area contributed by atoms with Crippen molar-refractivity contribution in [3.05, 3.63) is 0 Å². The van der Waals surface area contributed by atoms with Crippen molar-refractivity contribution in [1.82, 2.24) is 0 Å². The zero-order chi connectivity index (χ0) is 47.0. The van der Waals surface area contributed by atoms with Crippen LogP contribution in [-0.4, -0.2) is 100 Å². The zero-order valence-electron chi connectivity index (χ0n) is 44.3. The Hall–Kier alpha value is -0.840. The van der Waals surface area contributed by atoms with Gasteiger partial charge in [0, 0.05) is 23.7 Å². The summed E-state index contributed by atoms with van der Waals surface area (Å²) in [5.74, 6) is 2.90. The second-order valence-corrected chi connectivity index (χ2v) is 27.8. The van der Waals surface area contributed by atoms with E-state index in [-0.39, 0.29) is 78.4 Å². The van der Waals surface area contributed by atoms with Crippen LogP contribution in [0, 0.1) is 67.0 Å². The second-order valence-electron chi connectivity index (χ2n) is 27.8. The van der Waals surface area contributed by atoms with Crippen molar-refractivity contribution in [2.45, 2.75) is 202 Å². The summed E-state index contributed by atoms with van der Waals surface area (Å²) in [6.45, 7) is 18.8. The lowest BCUT2D eigenvalue weighted by atomic mass is 9.40. The predicted octanol–water partition coefficient (Wildman–Crippen LogP) is 5.71. The number of likely N-dealkylation sites (N-methyl/N-ethyl adjacent to an activating group) is 2. The third-order valence-electron chi connectivity index (χ3n) is 22.5. The molecule has 0 amide bonds. The lowest BCUT2D eigenvalue weighted by Gasteiger charge is -2.63. The fourth-order valence-electron chi connectivity index (χ4n) is 18.8. The highest BCUT2D eigenvalue weighted by atomic mass is 79.9. The molecule has 2 spiro atoms. The summed E-state index contributed by atoms with van der Waals surface area (Å²) in [7, 11) is 9.15. The van der Waals surface area contributed by atoms with Gasteiger partial charge in [0.05, 0.1) is 52.1 Å². The van der Waals surface area contributed by atoms with E-state index < -0.39 is 10.8 Å². The van der Waals surface area contributed by atoms with Crippen LogP contribution in [0.2, 0.25) is 0 Å². The van der Waals surface area contributed by atoms with Gasteiger partial charge < -0.3 is 52.4 Å². The van der Waals surface area contributed by atoms with Gasteiger partial charge in [0.2, 0.25) is 0 Å². The molecule has 0 aliphatic heterocycles. The molecule has 8 aliphatic carbocycles. The van der Waals surface area contributed by atoms with Gasteiger partial charge in [0.25, 0.3) is 0 Å². The van der Waals surface area contributed by atoms with E-state index in [1.165, 1.54) is 57.8 Å². The van der Waals surface area contributed by atoms with Crippen LogP contribution in [0.15, 0.2) is 0 Å². The minimum Gasteiger partial charge on any atom is -1.00 e. The Morgan fingerprint density at radius 3 is 1.19 bits per heavy atom. The van der Waals surface area contributed by atoms with E-state index in [4.69, 9.17) is 9.47 Å². The van der Waals surface area contributed by atoms with Crippen molar-refractivity contribution in [3.63, 3.8) is 0 Å². The molecule has 0 aromatic heterocycles. The molecule has 384 valence electrons. The number of ether oxygens (including phenoxy) is 2. The number of hydrogen-bond acceptors (Lipinski definition) is 6. The van der Waals surface area contributed by atoms with Crippen LogP contribution >= 0.6 is 0 Å². The summed E-state index contributed by atoms with van der Waals surface area (Å²) in [5, 5.41) is 0. The maximum atomic E-state index is 14.0. The summed E-state index contributed by atoms with van der Waals surface area (Å²) in [6, 6.07) is 0. The van der Waals surface area contributed by atoms with Crippen LogP contribution in [0.5, 0.6) is 0 Å². The number of nitrogens with zero attached hydrogens (tertiary/aromatic N) is 2. The van der Waals surface area contributed by atoms with Crippen molar-refractivity contribution in [3.8, 4) is 0 Å². The first-order valence-electron chi connectivity index (χ1n) is 27.5. The molecule has 0 heterocycles. The molecule has 8 nitrogen and oxygen atoms in total. The standard InChI is InChI=1S/C57H96N2O6.2BrH/c1-50-28-20-44-52(3)24-18-26-54(5,42(52)22-30-56(44,40-50)38-46(50)60)48(62)64-36-34-58(7,8)32-16-14-12-11-13-15-17-33-59(9,10)35-37-65-49(63)55(6)27-19-25-53(4)43(55)23-31-57-39-47(61)51(2,41-57)29-21-45(53)57;;/h42-45H,11-41H2,1-10H3;2*1H/q+2;;/p-2/t42-,43+,44-,45+,50-,51-,52+,53+,54+,55+,56-,57-;;/m0../s1. The maximum Gasteiger partial charge on any atom is 0.312 e. The molecule has 0 N–H and O–H groups in total. The Bertz CT molecular complexity index is 1710. The predicted molar refractivity (Wildman–Crippen MR) is 259 cm³/mol. The largest absolute Gasteiger partial charge is 1.00 e. The molecule has 10 heteroatoms. The molecule has 0 aromatic rings. The number of unbranched alkanes of at least 4 members (excludes halogenated alkanes) is 6. The monoisotopic (exact) mass is 1060 g/mol. The Balaban J connectivity index is 0.00000370. The quantitative estimate of drug-likeness (QED) is 0.0995. The van der Waals surface area contributed by atoms with E-state index >= 15 is 0 Å². The fourth-order valence-corrected chi connectivity index (χ4v) is 18.8. The van der Waals surface area contributed by atoms with Gasteiger partial charge >= 0.3 is 11.9 Å². The topological polar surface area (TPSA) is 86.7 Å². The number of halogens is 2. The molecule has 0 saturated heterocycles. The van der Waals surface area contributed by atoms with Crippen molar-refractivity contribution >= 4 is 23.5 Å². The van der Waals surface area contributed by atoms with Crippen LogP contribution in [0.4, 0.5) is 0 Å². The number of quaternary nitrogens is 2. The Morgan fingerprint density at radius 1 is 0.478 bits per heavy atom. The lowest BCUT2D eigenvalue weighted by molar-refractivity contribution is -0.890. The van der Waals surface area contributed by atoms with Crippen molar-refractivity contribution < 1.29 is 71.6 Å². The van der Waals surface area contributed by atoms with Gasteiger partial charge in [0.15, 0.2) is 0 Å². The van der Waals surface area contributed by atoms with E-state index in [2.05, 4.69) is 69.7 Å². The van der Waals surface area contributed by atoms with E-state index in [0.29, 0.717) is 48.5 Å². The fraction of sp³-hybridized carbons (Fsp3) is 0.930. The normalized spacial score (nSPS) is 42.0. The third kappa shape index (κ3) is 10.0. The molecule has 8 aliphatic rings. The molecule has 12 atom stereocenters. The van der Waals surface area contributed by atoms with Crippen molar-refractivity contribution in [2.75, 3.05) is 67.6 Å². The number of Topliss-reactive ketones (excluding diaryl/α,β-unsaturated/α-hetero) is 2. The summed E-state index contributed by atoms with van der Waals surface area (Å²) in [4.78, 5) is 54.4. The Labute approximate surface area is 429 Å². The molecule has 0 unspecified atom stereocenters. The minimum atomic E-state index is -0.423. The first-order chi connectivity index (χ1) is 30.4. The first kappa shape index (κ1) is 55.5. The van der Waals surface area contributed by atoms with Gasteiger partial charge in [-0.2, -0.15) is 0 Å². The lowest BCUT2D eigenvalue weighted by Crippen LogP contribution is -3.00. The molecule has 8 saturated carbocycles. The molecular weight excluding hydrogens is 968 g/mol. The van der Waals surface area contributed by atoms with Crippen LogP contribution in [0.3, 0.4) is 0 Å². The van der Waals surface area contributed by atoms with Gasteiger partial charge in [-0.15, -0.1) is 0 Å². The number of fused-ring (bicyclic) bond motifs is 6. The molecule has 8 rings (SSSR count). The number of hydrogen-bond donors (Lipinski definition) is 0. The molecule has 0 aromatic carbocycles. The van der Waals surface area contributed by atoms with Gasteiger partial charge in [-0.05, 0) is 175 Å². The SMILES string of the molecule is C[C@@]12CC[C@@H]3[C@@](CC[C@H]4[C@@]3(C)CCC[C@@]4(C)C(=O)OCC[N+](C)(C)CCCCCCCCC[N+](C)(C)CCOC(=O)[C@]3(C)CCC[C@]4(C)[C@H]3CC[C@@]35CC(=O)[C@@](C)(CC[C@@H]34)C5)(CC1=O)C2.[Br-].[Br-]. The maximum absolute atomic E-state index is 14.0.